The fraction of sp³-hybridized carbons (Fsp3) is 0.0909. The van der Waals surface area contributed by atoms with Crippen molar-refractivity contribution in [2.45, 2.75) is 0 Å². The van der Waals surface area contributed by atoms with Crippen molar-refractivity contribution in [3.63, 3.8) is 0 Å². The Bertz CT molecular complexity index is 2370. The van der Waals surface area contributed by atoms with Gasteiger partial charge in [0, 0.05) is 48.5 Å². The zero-order valence-electron chi connectivity index (χ0n) is 29.8. The monoisotopic (exact) mass is 782 g/mol. The van der Waals surface area contributed by atoms with Crippen LogP contribution in [0.4, 0.5) is 0 Å². The second-order valence-electron chi connectivity index (χ2n) is 13.4. The Kier molecular flexibility index (Phi) is 8.83. The SMILES string of the molecule is C[n+]1ccc(-c2c3nc(c(-c4cc[n+](C)cc4)c4ccc([n-]4)c(-c4cc[n+](C)cc4)c4nc(c(-c5cc[n+](C)cc5)c5ccc2[n-]5)C=C4)C=C3)cc1.[Pd+2]. The van der Waals surface area contributed by atoms with E-state index in [4.69, 9.17) is 19.9 Å². The van der Waals surface area contributed by atoms with Gasteiger partial charge in [-0.2, -0.15) is 0 Å². The molecule has 0 unspecified atom stereocenters. The van der Waals surface area contributed by atoms with Gasteiger partial charge in [0.05, 0.1) is 22.8 Å². The molecule has 2 aliphatic heterocycles. The maximum atomic E-state index is 5.35. The Balaban J connectivity index is 0.00000400. The molecule has 7 aromatic rings. The van der Waals surface area contributed by atoms with E-state index in [0.717, 1.165) is 89.4 Å². The van der Waals surface area contributed by atoms with Crippen LogP contribution >= 0.6 is 0 Å². The first-order valence-corrected chi connectivity index (χ1v) is 17.3. The summed E-state index contributed by atoms with van der Waals surface area (Å²) in [5.41, 5.74) is 14.7. The van der Waals surface area contributed by atoms with Crippen LogP contribution < -0.4 is 28.2 Å². The van der Waals surface area contributed by atoms with E-state index in [1.807, 2.05) is 46.5 Å². The average molecular weight is 783 g/mol. The van der Waals surface area contributed by atoms with E-state index in [1.165, 1.54) is 0 Å². The molecule has 2 aliphatic rings. The van der Waals surface area contributed by atoms with Gasteiger partial charge in [-0.1, -0.05) is 24.3 Å². The summed E-state index contributed by atoms with van der Waals surface area (Å²) in [5.74, 6) is 0. The first-order chi connectivity index (χ1) is 25.4. The van der Waals surface area contributed by atoms with Gasteiger partial charge in [-0.15, -0.1) is 22.1 Å². The summed E-state index contributed by atoms with van der Waals surface area (Å²) < 4.78 is 8.14. The topological polar surface area (TPSA) is 69.5 Å². The van der Waals surface area contributed by atoms with Gasteiger partial charge in [0.2, 0.25) is 0 Å². The van der Waals surface area contributed by atoms with Crippen molar-refractivity contribution in [2.24, 2.45) is 28.2 Å². The van der Waals surface area contributed by atoms with E-state index in [2.05, 4.69) is 147 Å². The summed E-state index contributed by atoms with van der Waals surface area (Å²) in [4.78, 5) is 21.4. The first kappa shape index (κ1) is 34.0. The molecular formula is C44H36N8Pd+4. The number of rotatable bonds is 4. The van der Waals surface area contributed by atoms with E-state index in [0.29, 0.717) is 0 Å². The van der Waals surface area contributed by atoms with Crippen molar-refractivity contribution in [2.75, 3.05) is 0 Å². The van der Waals surface area contributed by atoms with Gasteiger partial charge in [0.1, 0.15) is 28.2 Å². The third-order valence-electron chi connectivity index (χ3n) is 9.68. The van der Waals surface area contributed by atoms with Crippen LogP contribution in [0, 0.1) is 0 Å². The van der Waals surface area contributed by atoms with E-state index in [9.17, 15) is 0 Å². The summed E-state index contributed by atoms with van der Waals surface area (Å²) in [5, 5.41) is 0. The smallest absolute Gasteiger partial charge is 0.657 e. The molecule has 0 saturated heterocycles. The number of aryl methyl sites for hydroxylation is 4. The minimum Gasteiger partial charge on any atom is -0.657 e. The number of pyridine rings is 4. The van der Waals surface area contributed by atoms with Crippen LogP contribution in [0.5, 0.6) is 0 Å². The number of aromatic nitrogens is 8. The van der Waals surface area contributed by atoms with E-state index >= 15 is 0 Å². The normalized spacial score (nSPS) is 11.8. The summed E-state index contributed by atoms with van der Waals surface area (Å²) >= 11 is 0. The molecular weight excluding hydrogens is 747 g/mol. The van der Waals surface area contributed by atoms with Gasteiger partial charge in [0.25, 0.3) is 0 Å². The van der Waals surface area contributed by atoms with Crippen LogP contribution in [0.15, 0.2) is 122 Å². The molecule has 7 aromatic heterocycles. The van der Waals surface area contributed by atoms with Crippen molar-refractivity contribution >= 4 is 46.4 Å². The third kappa shape index (κ3) is 6.35. The molecule has 0 radical (unpaired) electrons. The van der Waals surface area contributed by atoms with E-state index < -0.39 is 0 Å². The Hall–Kier alpha value is -6.14. The number of nitrogens with zero attached hydrogens (tertiary/aromatic N) is 8. The molecule has 258 valence electrons. The molecule has 0 N–H and O–H groups in total. The van der Waals surface area contributed by atoms with Crippen molar-refractivity contribution in [3.8, 4) is 44.5 Å². The molecule has 8 bridgehead atoms. The molecule has 9 heteroatoms. The minimum absolute atomic E-state index is 0. The van der Waals surface area contributed by atoms with Gasteiger partial charge >= 0.3 is 20.4 Å². The van der Waals surface area contributed by atoms with Gasteiger partial charge in [-0.05, 0) is 68.8 Å². The van der Waals surface area contributed by atoms with Crippen LogP contribution in [-0.4, -0.2) is 9.97 Å². The molecule has 0 spiro atoms. The summed E-state index contributed by atoms with van der Waals surface area (Å²) in [6, 6.07) is 25.4. The standard InChI is InChI=1S/C44H36N8.Pd/c1-49-21-13-29(14-22-49)41-33-5-7-35(45-33)42(30-15-23-50(2)24-16-30)37-9-11-39(47-37)44(32-19-27-52(4)28-20-32)40-12-10-38(48-40)43(36-8-6-34(41)46-36)31-17-25-51(3)26-18-31;/h5-28H,1-4H3;/q2*+2. The molecule has 9 heterocycles. The van der Waals surface area contributed by atoms with Gasteiger partial charge in [-0.25, -0.2) is 28.2 Å². The summed E-state index contributed by atoms with van der Waals surface area (Å²) in [7, 11) is 8.10. The molecule has 0 amide bonds. The predicted octanol–water partition coefficient (Wildman–Crippen LogP) is 5.88. The molecule has 9 rings (SSSR count). The zero-order valence-corrected chi connectivity index (χ0v) is 31.3. The number of hydrogen-bond acceptors (Lipinski definition) is 2. The molecule has 0 aromatic carbocycles. The van der Waals surface area contributed by atoms with E-state index in [1.54, 1.807) is 0 Å². The number of fused-ring (bicyclic) bond motifs is 8. The van der Waals surface area contributed by atoms with Crippen LogP contribution in [-0.2, 0) is 48.6 Å². The molecule has 0 fully saturated rings. The Morgan fingerprint density at radius 1 is 0.340 bits per heavy atom. The second kappa shape index (κ2) is 13.8. The Labute approximate surface area is 321 Å². The fourth-order valence-electron chi connectivity index (χ4n) is 6.94. The third-order valence-corrected chi connectivity index (χ3v) is 9.68. The quantitative estimate of drug-likeness (QED) is 0.166. The fourth-order valence-corrected chi connectivity index (χ4v) is 6.94. The zero-order chi connectivity index (χ0) is 35.3. The molecule has 0 atom stereocenters. The Morgan fingerprint density at radius 3 is 0.755 bits per heavy atom. The molecule has 0 aliphatic carbocycles. The maximum absolute atomic E-state index is 5.35. The average Bonchev–Trinajstić information content (AvgIpc) is 3.99. The minimum atomic E-state index is 0. The second-order valence-corrected chi connectivity index (χ2v) is 13.4. The maximum Gasteiger partial charge on any atom is 2.00 e. The largest absolute Gasteiger partial charge is 2.00 e. The van der Waals surface area contributed by atoms with Crippen LogP contribution in [0.3, 0.4) is 0 Å². The number of hydrogen-bond donors (Lipinski definition) is 0. The molecule has 8 nitrogen and oxygen atoms in total. The molecule has 53 heavy (non-hydrogen) atoms. The van der Waals surface area contributed by atoms with Crippen molar-refractivity contribution < 1.29 is 38.7 Å². The van der Waals surface area contributed by atoms with Crippen LogP contribution in [0.1, 0.15) is 22.8 Å². The van der Waals surface area contributed by atoms with Gasteiger partial charge in [-0.3, -0.25) is 0 Å². The summed E-state index contributed by atoms with van der Waals surface area (Å²) in [6.07, 6.45) is 24.9. The van der Waals surface area contributed by atoms with Gasteiger partial charge < -0.3 is 9.97 Å². The van der Waals surface area contributed by atoms with Crippen LogP contribution in [0.25, 0.3) is 90.9 Å². The Morgan fingerprint density at radius 2 is 0.547 bits per heavy atom. The van der Waals surface area contributed by atoms with Crippen molar-refractivity contribution in [3.05, 3.63) is 145 Å². The van der Waals surface area contributed by atoms with Crippen molar-refractivity contribution in [1.29, 1.82) is 0 Å². The first-order valence-electron chi connectivity index (χ1n) is 17.3. The van der Waals surface area contributed by atoms with E-state index in [-0.39, 0.29) is 20.4 Å². The van der Waals surface area contributed by atoms with Crippen molar-refractivity contribution in [1.82, 2.24) is 19.9 Å². The van der Waals surface area contributed by atoms with Gasteiger partial charge in [0.15, 0.2) is 49.6 Å². The predicted molar refractivity (Wildman–Crippen MR) is 203 cm³/mol. The summed E-state index contributed by atoms with van der Waals surface area (Å²) in [6.45, 7) is 0. The van der Waals surface area contributed by atoms with Crippen LogP contribution in [0.2, 0.25) is 0 Å². The molecule has 0 saturated carbocycles.